The van der Waals surface area contributed by atoms with Crippen LogP contribution in [-0.2, 0) is 14.9 Å². The molecule has 0 aliphatic carbocycles. The van der Waals surface area contributed by atoms with E-state index in [-0.39, 0.29) is 28.5 Å². The van der Waals surface area contributed by atoms with Gasteiger partial charge in [-0.25, -0.2) is 0 Å². The number of phenolic OH excluding ortho intramolecular Hbond substituents is 1. The molecule has 3 aromatic carbocycles. The third-order valence-electron chi connectivity index (χ3n) is 4.06. The fourth-order valence-corrected chi connectivity index (χ4v) is 3.53. The van der Waals surface area contributed by atoms with Crippen molar-refractivity contribution < 1.29 is 22.9 Å². The number of nitrogens with one attached hydrogen (secondary N) is 1. The predicted octanol–water partition coefficient (Wildman–Crippen LogP) is 4.06. The first-order valence-electron chi connectivity index (χ1n) is 8.39. The molecule has 150 valence electrons. The lowest BCUT2D eigenvalue weighted by Gasteiger charge is -2.09. The molecule has 0 heterocycles. The minimum atomic E-state index is -4.65. The number of nitrogen functional groups attached to an aromatic ring is 1. The Balaban J connectivity index is 2.16. The van der Waals surface area contributed by atoms with Gasteiger partial charge in [-0.1, -0.05) is 12.1 Å². The van der Waals surface area contributed by atoms with E-state index in [0.29, 0.717) is 10.8 Å². The molecule has 0 aliphatic heterocycles. The monoisotopic (exact) mass is 414 g/mol. The fraction of sp³-hybridized carbons (Fsp3) is 0.105. The molecule has 0 aliphatic rings. The van der Waals surface area contributed by atoms with Crippen LogP contribution in [0.2, 0.25) is 0 Å². The molecule has 0 saturated carbocycles. The van der Waals surface area contributed by atoms with Gasteiger partial charge in [-0.05, 0) is 48.2 Å². The summed E-state index contributed by atoms with van der Waals surface area (Å²) in [5, 5.41) is 21.8. The number of benzene rings is 3. The standard InChI is InChI=1S/C19H18N4O5S/c1-10-7-12-3-5-14(20)19(18(12)16(25)8-10)23-22-15-6-4-13(21-11(2)24)9-17(15)29(26,27)28/h3-9,25H,20H2,1-2H3,(H,21,24)(H,26,27,28)/b23-22+. The second kappa shape index (κ2) is 7.49. The van der Waals surface area contributed by atoms with E-state index in [9.17, 15) is 22.9 Å². The van der Waals surface area contributed by atoms with E-state index in [1.807, 2.05) is 13.0 Å². The Morgan fingerprint density at radius 2 is 1.83 bits per heavy atom. The molecule has 0 saturated heterocycles. The average molecular weight is 414 g/mol. The van der Waals surface area contributed by atoms with Crippen molar-refractivity contribution in [1.29, 1.82) is 0 Å². The minimum absolute atomic E-state index is 0.0442. The molecule has 5 N–H and O–H groups in total. The van der Waals surface area contributed by atoms with Gasteiger partial charge in [0.15, 0.2) is 0 Å². The van der Waals surface area contributed by atoms with Crippen molar-refractivity contribution in [2.75, 3.05) is 11.1 Å². The zero-order valence-electron chi connectivity index (χ0n) is 15.5. The maximum absolute atomic E-state index is 11.8. The normalized spacial score (nSPS) is 11.8. The summed E-state index contributed by atoms with van der Waals surface area (Å²) in [6.07, 6.45) is 0. The SMILES string of the molecule is CC(=O)Nc1ccc(/N=N/c2c(N)ccc3cc(C)cc(O)c23)c(S(=O)(=O)O)c1. The highest BCUT2D eigenvalue weighted by atomic mass is 32.2. The Morgan fingerprint density at radius 1 is 1.10 bits per heavy atom. The van der Waals surface area contributed by atoms with E-state index < -0.39 is 20.9 Å². The summed E-state index contributed by atoms with van der Waals surface area (Å²) < 4.78 is 33.0. The molecule has 0 unspecified atom stereocenters. The molecule has 9 nitrogen and oxygen atoms in total. The van der Waals surface area contributed by atoms with Crippen molar-refractivity contribution in [2.45, 2.75) is 18.7 Å². The molecule has 10 heteroatoms. The fourth-order valence-electron chi connectivity index (χ4n) is 2.88. The van der Waals surface area contributed by atoms with Crippen LogP contribution in [0.5, 0.6) is 5.75 Å². The number of phenols is 1. The summed E-state index contributed by atoms with van der Waals surface area (Å²) in [4.78, 5) is 10.6. The number of carbonyl (C=O) groups is 1. The number of amides is 1. The van der Waals surface area contributed by atoms with E-state index in [1.54, 1.807) is 18.2 Å². The van der Waals surface area contributed by atoms with Crippen molar-refractivity contribution in [3.05, 3.63) is 48.0 Å². The van der Waals surface area contributed by atoms with Crippen LogP contribution in [0.15, 0.2) is 57.6 Å². The first-order valence-corrected chi connectivity index (χ1v) is 9.83. The molecule has 0 radical (unpaired) electrons. The lowest BCUT2D eigenvalue weighted by atomic mass is 10.0. The number of nitrogens with zero attached hydrogens (tertiary/aromatic N) is 2. The number of rotatable bonds is 4. The van der Waals surface area contributed by atoms with Gasteiger partial charge in [-0.3, -0.25) is 9.35 Å². The first-order chi connectivity index (χ1) is 13.6. The number of azo groups is 1. The van der Waals surface area contributed by atoms with Crippen LogP contribution < -0.4 is 11.1 Å². The molecular formula is C19H18N4O5S. The summed E-state index contributed by atoms with van der Waals surface area (Å²) in [5.74, 6) is -0.452. The zero-order chi connectivity index (χ0) is 21.3. The highest BCUT2D eigenvalue weighted by Gasteiger charge is 2.18. The van der Waals surface area contributed by atoms with E-state index in [4.69, 9.17) is 5.73 Å². The van der Waals surface area contributed by atoms with Crippen molar-refractivity contribution in [1.82, 2.24) is 0 Å². The largest absolute Gasteiger partial charge is 0.507 e. The third kappa shape index (κ3) is 4.33. The molecule has 0 fully saturated rings. The maximum Gasteiger partial charge on any atom is 0.296 e. The third-order valence-corrected chi connectivity index (χ3v) is 4.94. The quantitative estimate of drug-likeness (QED) is 0.287. The number of aromatic hydroxyl groups is 1. The second-order valence-corrected chi connectivity index (χ2v) is 7.81. The van der Waals surface area contributed by atoms with Crippen LogP contribution in [0.25, 0.3) is 10.8 Å². The first kappa shape index (κ1) is 20.2. The predicted molar refractivity (Wildman–Crippen MR) is 109 cm³/mol. The Bertz CT molecular complexity index is 1270. The van der Waals surface area contributed by atoms with Gasteiger partial charge in [0, 0.05) is 12.6 Å². The van der Waals surface area contributed by atoms with Gasteiger partial charge in [0.1, 0.15) is 22.0 Å². The number of hydrogen-bond acceptors (Lipinski definition) is 7. The van der Waals surface area contributed by atoms with Crippen molar-refractivity contribution in [3.8, 4) is 5.75 Å². The van der Waals surface area contributed by atoms with E-state index in [1.165, 1.54) is 19.1 Å². The Kier molecular flexibility index (Phi) is 5.23. The van der Waals surface area contributed by atoms with Crippen LogP contribution in [0.4, 0.5) is 22.7 Å². The second-order valence-electron chi connectivity index (χ2n) is 6.42. The zero-order valence-corrected chi connectivity index (χ0v) is 16.4. The molecular weight excluding hydrogens is 396 g/mol. The van der Waals surface area contributed by atoms with Gasteiger partial charge in [-0.15, -0.1) is 10.2 Å². The van der Waals surface area contributed by atoms with Crippen molar-refractivity contribution >= 4 is 49.5 Å². The lowest BCUT2D eigenvalue weighted by Crippen LogP contribution is -2.07. The summed E-state index contributed by atoms with van der Waals surface area (Å²) in [5.41, 5.74) is 7.21. The van der Waals surface area contributed by atoms with Crippen LogP contribution in [0.3, 0.4) is 0 Å². The van der Waals surface area contributed by atoms with Gasteiger partial charge in [0.25, 0.3) is 10.1 Å². The molecule has 3 aromatic rings. The summed E-state index contributed by atoms with van der Waals surface area (Å²) in [6, 6.07) is 10.5. The highest BCUT2D eigenvalue weighted by Crippen LogP contribution is 2.40. The van der Waals surface area contributed by atoms with Crippen LogP contribution in [0.1, 0.15) is 12.5 Å². The lowest BCUT2D eigenvalue weighted by molar-refractivity contribution is -0.114. The van der Waals surface area contributed by atoms with Crippen LogP contribution in [-0.4, -0.2) is 24.0 Å². The molecule has 0 aromatic heterocycles. The summed E-state index contributed by atoms with van der Waals surface area (Å²) >= 11 is 0. The maximum atomic E-state index is 11.8. The number of hydrogen-bond donors (Lipinski definition) is 4. The molecule has 29 heavy (non-hydrogen) atoms. The molecule has 3 rings (SSSR count). The summed E-state index contributed by atoms with van der Waals surface area (Å²) in [7, 11) is -4.65. The smallest absolute Gasteiger partial charge is 0.296 e. The Morgan fingerprint density at radius 3 is 2.48 bits per heavy atom. The van der Waals surface area contributed by atoms with Gasteiger partial charge in [0.2, 0.25) is 5.91 Å². The summed E-state index contributed by atoms with van der Waals surface area (Å²) in [6.45, 7) is 3.09. The van der Waals surface area contributed by atoms with Gasteiger partial charge in [-0.2, -0.15) is 8.42 Å². The van der Waals surface area contributed by atoms with Crippen molar-refractivity contribution in [2.24, 2.45) is 10.2 Å². The Hall–Kier alpha value is -3.50. The average Bonchev–Trinajstić information content (AvgIpc) is 2.60. The highest BCUT2D eigenvalue weighted by molar-refractivity contribution is 7.86. The molecule has 0 spiro atoms. The van der Waals surface area contributed by atoms with E-state index in [0.717, 1.165) is 11.6 Å². The van der Waals surface area contributed by atoms with E-state index in [2.05, 4.69) is 15.5 Å². The Labute approximate surface area is 166 Å². The topological polar surface area (TPSA) is 154 Å². The molecule has 0 atom stereocenters. The number of nitrogens with two attached hydrogens (primary N) is 1. The van der Waals surface area contributed by atoms with Gasteiger partial charge in [0.05, 0.1) is 11.1 Å². The van der Waals surface area contributed by atoms with E-state index >= 15 is 0 Å². The number of fused-ring (bicyclic) bond motifs is 1. The molecule has 1 amide bonds. The number of aryl methyl sites for hydroxylation is 1. The van der Waals surface area contributed by atoms with Crippen molar-refractivity contribution in [3.63, 3.8) is 0 Å². The van der Waals surface area contributed by atoms with Crippen LogP contribution >= 0.6 is 0 Å². The van der Waals surface area contributed by atoms with Crippen LogP contribution in [0, 0.1) is 6.92 Å². The number of carbonyl (C=O) groups excluding carboxylic acids is 1. The number of anilines is 2. The molecule has 0 bridgehead atoms. The van der Waals surface area contributed by atoms with Gasteiger partial charge >= 0.3 is 0 Å². The minimum Gasteiger partial charge on any atom is -0.507 e. The van der Waals surface area contributed by atoms with Gasteiger partial charge < -0.3 is 16.2 Å².